The number of pyridine rings is 1. The number of oxazole rings is 1. The van der Waals surface area contributed by atoms with Gasteiger partial charge in [-0.25, -0.2) is 23.5 Å². The molecule has 0 saturated carbocycles. The van der Waals surface area contributed by atoms with Gasteiger partial charge in [0.2, 0.25) is 5.88 Å². The van der Waals surface area contributed by atoms with Gasteiger partial charge in [-0.15, -0.1) is 0 Å². The summed E-state index contributed by atoms with van der Waals surface area (Å²) < 4.78 is 34.5. The Hall–Kier alpha value is -2.71. The van der Waals surface area contributed by atoms with Crippen molar-refractivity contribution in [3.8, 4) is 5.88 Å². The fourth-order valence-electron chi connectivity index (χ4n) is 1.83. The smallest absolute Gasteiger partial charge is 0.315 e. The number of rotatable bonds is 8. The van der Waals surface area contributed by atoms with Crippen LogP contribution in [0.15, 0.2) is 29.0 Å². The monoisotopic (exact) mass is 340 g/mol. The highest BCUT2D eigenvalue weighted by Crippen LogP contribution is 2.14. The number of aryl methyl sites for hydroxylation is 1. The number of aromatic nitrogens is 2. The van der Waals surface area contributed by atoms with Crippen molar-refractivity contribution in [1.29, 1.82) is 0 Å². The van der Waals surface area contributed by atoms with Gasteiger partial charge >= 0.3 is 6.03 Å². The number of nitrogens with zero attached hydrogens (tertiary/aromatic N) is 2. The maximum Gasteiger partial charge on any atom is 0.315 e. The second-order valence-corrected chi connectivity index (χ2v) is 4.79. The summed E-state index contributed by atoms with van der Waals surface area (Å²) in [5, 5.41) is 5.22. The Morgan fingerprint density at radius 1 is 1.38 bits per heavy atom. The fourth-order valence-corrected chi connectivity index (χ4v) is 1.83. The number of hydrogen-bond acceptors (Lipinski definition) is 5. The highest BCUT2D eigenvalue weighted by molar-refractivity contribution is 5.73. The van der Waals surface area contributed by atoms with Crippen LogP contribution in [0.3, 0.4) is 0 Å². The Morgan fingerprint density at radius 3 is 2.88 bits per heavy atom. The zero-order chi connectivity index (χ0) is 17.4. The molecule has 2 aromatic rings. The molecule has 2 N–H and O–H groups in total. The summed E-state index contributed by atoms with van der Waals surface area (Å²) in [5.41, 5.74) is 1.12. The third kappa shape index (κ3) is 5.49. The molecule has 0 aliphatic carbocycles. The first-order valence-corrected chi connectivity index (χ1v) is 7.38. The minimum Gasteiger partial charge on any atom is -0.471 e. The molecule has 130 valence electrons. The SMILES string of the molecule is CCc1nc(CNC(=O)NCc2cccnc2OCC(F)F)co1. The van der Waals surface area contributed by atoms with Gasteiger partial charge in [-0.3, -0.25) is 0 Å². The first kappa shape index (κ1) is 17.6. The van der Waals surface area contributed by atoms with Crippen LogP contribution in [0.4, 0.5) is 13.6 Å². The lowest BCUT2D eigenvalue weighted by molar-refractivity contribution is 0.0790. The number of amides is 2. The van der Waals surface area contributed by atoms with Crippen LogP contribution in [0.25, 0.3) is 0 Å². The molecule has 0 saturated heterocycles. The van der Waals surface area contributed by atoms with E-state index in [4.69, 9.17) is 9.15 Å². The van der Waals surface area contributed by atoms with E-state index in [2.05, 4.69) is 20.6 Å². The molecule has 2 heterocycles. The van der Waals surface area contributed by atoms with E-state index in [-0.39, 0.29) is 19.0 Å². The summed E-state index contributed by atoms with van der Waals surface area (Å²) in [5.74, 6) is 0.672. The molecule has 0 aliphatic rings. The van der Waals surface area contributed by atoms with E-state index in [1.54, 1.807) is 12.1 Å². The molecule has 24 heavy (non-hydrogen) atoms. The predicted octanol–water partition coefficient (Wildman–Crippen LogP) is 2.28. The molecule has 0 atom stereocenters. The van der Waals surface area contributed by atoms with Gasteiger partial charge in [0.15, 0.2) is 12.5 Å². The number of halogens is 2. The van der Waals surface area contributed by atoms with Crippen molar-refractivity contribution < 1.29 is 22.7 Å². The summed E-state index contributed by atoms with van der Waals surface area (Å²) in [4.78, 5) is 19.8. The van der Waals surface area contributed by atoms with Crippen molar-refractivity contribution in [3.63, 3.8) is 0 Å². The Kier molecular flexibility index (Phi) is 6.47. The van der Waals surface area contributed by atoms with Crippen LogP contribution in [0.1, 0.15) is 24.1 Å². The zero-order valence-electron chi connectivity index (χ0n) is 13.1. The van der Waals surface area contributed by atoms with Crippen LogP contribution in [0.2, 0.25) is 0 Å². The topological polar surface area (TPSA) is 89.3 Å². The molecule has 0 unspecified atom stereocenters. The summed E-state index contributed by atoms with van der Waals surface area (Å²) in [6.07, 6.45) is 0.998. The average molecular weight is 340 g/mol. The van der Waals surface area contributed by atoms with E-state index in [0.717, 1.165) is 0 Å². The number of hydrogen-bond donors (Lipinski definition) is 2. The zero-order valence-corrected chi connectivity index (χ0v) is 13.1. The summed E-state index contributed by atoms with van der Waals surface area (Å²) in [6.45, 7) is 1.48. The lowest BCUT2D eigenvalue weighted by Crippen LogP contribution is -2.34. The molecule has 0 radical (unpaired) electrons. The van der Waals surface area contributed by atoms with Gasteiger partial charge in [0.05, 0.1) is 12.2 Å². The third-order valence-corrected chi connectivity index (χ3v) is 2.97. The highest BCUT2D eigenvalue weighted by Gasteiger charge is 2.10. The van der Waals surface area contributed by atoms with Gasteiger partial charge in [-0.1, -0.05) is 13.0 Å². The molecule has 0 aliphatic heterocycles. The lowest BCUT2D eigenvalue weighted by Gasteiger charge is -2.11. The molecule has 2 rings (SSSR count). The second kappa shape index (κ2) is 8.80. The van der Waals surface area contributed by atoms with Gasteiger partial charge in [0.1, 0.15) is 6.26 Å². The summed E-state index contributed by atoms with van der Waals surface area (Å²) in [7, 11) is 0. The van der Waals surface area contributed by atoms with E-state index in [9.17, 15) is 13.6 Å². The number of urea groups is 1. The quantitative estimate of drug-likeness (QED) is 0.769. The number of carbonyl (C=O) groups excluding carboxylic acids is 1. The second-order valence-electron chi connectivity index (χ2n) is 4.79. The van der Waals surface area contributed by atoms with E-state index in [0.29, 0.717) is 23.6 Å². The van der Waals surface area contributed by atoms with E-state index < -0.39 is 19.1 Å². The number of alkyl halides is 2. The maximum atomic E-state index is 12.2. The van der Waals surface area contributed by atoms with Crippen LogP contribution in [0, 0.1) is 0 Å². The molecule has 0 bridgehead atoms. The molecule has 7 nitrogen and oxygen atoms in total. The molecule has 2 amide bonds. The van der Waals surface area contributed by atoms with Crippen molar-refractivity contribution >= 4 is 6.03 Å². The Morgan fingerprint density at radius 2 is 2.17 bits per heavy atom. The van der Waals surface area contributed by atoms with Gasteiger partial charge in [0.25, 0.3) is 6.43 Å². The molecule has 0 spiro atoms. The number of ether oxygens (including phenoxy) is 1. The molecular formula is C15H18F2N4O3. The Labute approximate surface area is 137 Å². The van der Waals surface area contributed by atoms with Crippen molar-refractivity contribution in [2.75, 3.05) is 6.61 Å². The van der Waals surface area contributed by atoms with Crippen LogP contribution >= 0.6 is 0 Å². The van der Waals surface area contributed by atoms with Crippen LogP contribution in [-0.2, 0) is 19.5 Å². The van der Waals surface area contributed by atoms with Gasteiger partial charge in [-0.05, 0) is 6.07 Å². The van der Waals surface area contributed by atoms with Crippen molar-refractivity contribution in [2.24, 2.45) is 0 Å². The summed E-state index contributed by atoms with van der Waals surface area (Å²) >= 11 is 0. The van der Waals surface area contributed by atoms with Gasteiger partial charge in [-0.2, -0.15) is 0 Å². The van der Waals surface area contributed by atoms with E-state index >= 15 is 0 Å². The van der Waals surface area contributed by atoms with Gasteiger partial charge < -0.3 is 19.8 Å². The third-order valence-electron chi connectivity index (χ3n) is 2.97. The molecule has 9 heteroatoms. The number of nitrogens with one attached hydrogen (secondary N) is 2. The first-order chi connectivity index (χ1) is 11.6. The van der Waals surface area contributed by atoms with Crippen LogP contribution in [0.5, 0.6) is 5.88 Å². The molecule has 2 aromatic heterocycles. The van der Waals surface area contributed by atoms with E-state index in [1.807, 2.05) is 6.92 Å². The highest BCUT2D eigenvalue weighted by atomic mass is 19.3. The average Bonchev–Trinajstić information content (AvgIpc) is 3.05. The maximum absolute atomic E-state index is 12.2. The van der Waals surface area contributed by atoms with Crippen molar-refractivity contribution in [2.45, 2.75) is 32.9 Å². The van der Waals surface area contributed by atoms with Crippen molar-refractivity contribution in [3.05, 3.63) is 41.7 Å². The standard InChI is InChI=1S/C15H18F2N4O3/c1-2-13-21-11(8-23-13)7-20-15(22)19-6-10-4-3-5-18-14(10)24-9-12(16)17/h3-5,8,12H,2,6-7,9H2,1H3,(H2,19,20,22). The Bertz CT molecular complexity index is 664. The largest absolute Gasteiger partial charge is 0.471 e. The minimum atomic E-state index is -2.59. The Balaban J connectivity index is 1.80. The normalized spacial score (nSPS) is 10.7. The van der Waals surface area contributed by atoms with E-state index in [1.165, 1.54) is 12.5 Å². The van der Waals surface area contributed by atoms with Crippen molar-refractivity contribution in [1.82, 2.24) is 20.6 Å². The van der Waals surface area contributed by atoms with Gasteiger partial charge in [0, 0.05) is 24.7 Å². The molecule has 0 fully saturated rings. The number of carbonyl (C=O) groups is 1. The fraction of sp³-hybridized carbons (Fsp3) is 0.400. The summed E-state index contributed by atoms with van der Waals surface area (Å²) in [6, 6.07) is 2.84. The molecule has 0 aromatic carbocycles. The predicted molar refractivity (Wildman–Crippen MR) is 80.7 cm³/mol. The van der Waals surface area contributed by atoms with Crippen LogP contribution in [-0.4, -0.2) is 29.0 Å². The lowest BCUT2D eigenvalue weighted by atomic mass is 10.2. The minimum absolute atomic E-state index is 0.0715. The van der Waals surface area contributed by atoms with Crippen LogP contribution < -0.4 is 15.4 Å². The molecular weight excluding hydrogens is 322 g/mol. The first-order valence-electron chi connectivity index (χ1n) is 7.38.